The van der Waals surface area contributed by atoms with Crippen molar-refractivity contribution < 1.29 is 5.11 Å². The molecular formula is C16H22N2O. The molecule has 2 N–H and O–H groups in total. The van der Waals surface area contributed by atoms with E-state index in [2.05, 4.69) is 16.1 Å². The number of aliphatic hydroxyl groups excluding tert-OH is 1. The molecule has 1 heterocycles. The third-order valence-electron chi connectivity index (χ3n) is 3.61. The third-order valence-corrected chi connectivity index (χ3v) is 3.61. The van der Waals surface area contributed by atoms with Crippen molar-refractivity contribution in [1.82, 2.24) is 10.2 Å². The molecular weight excluding hydrogens is 236 g/mol. The first-order chi connectivity index (χ1) is 9.29. The second-order valence-electron chi connectivity index (χ2n) is 5.03. The summed E-state index contributed by atoms with van der Waals surface area (Å²) in [7, 11) is 0. The van der Waals surface area contributed by atoms with Gasteiger partial charge in [0.1, 0.15) is 6.23 Å². The molecule has 3 heteroatoms. The van der Waals surface area contributed by atoms with Crippen molar-refractivity contribution in [1.29, 1.82) is 0 Å². The number of terminal acetylenes is 1. The Morgan fingerprint density at radius 1 is 1.21 bits per heavy atom. The van der Waals surface area contributed by atoms with Gasteiger partial charge in [-0.2, -0.15) is 0 Å². The Bertz CT molecular complexity index is 415. The molecule has 1 aromatic carbocycles. The average Bonchev–Trinajstić information content (AvgIpc) is 2.48. The zero-order valence-corrected chi connectivity index (χ0v) is 11.3. The highest BCUT2D eigenvalue weighted by Gasteiger charge is 2.11. The van der Waals surface area contributed by atoms with Crippen LogP contribution in [0.2, 0.25) is 0 Å². The molecule has 0 radical (unpaired) electrons. The van der Waals surface area contributed by atoms with E-state index in [1.807, 2.05) is 24.3 Å². The van der Waals surface area contributed by atoms with Crippen molar-refractivity contribution in [2.24, 2.45) is 0 Å². The topological polar surface area (TPSA) is 35.5 Å². The summed E-state index contributed by atoms with van der Waals surface area (Å²) in [5.41, 5.74) is 1.70. The van der Waals surface area contributed by atoms with Crippen molar-refractivity contribution in [3.63, 3.8) is 0 Å². The van der Waals surface area contributed by atoms with E-state index in [1.165, 1.54) is 32.4 Å². The molecule has 1 saturated heterocycles. The maximum absolute atomic E-state index is 10.0. The minimum absolute atomic E-state index is 0.614. The summed E-state index contributed by atoms with van der Waals surface area (Å²) in [6.45, 7) is 4.18. The van der Waals surface area contributed by atoms with Crippen LogP contribution in [0.1, 0.15) is 36.6 Å². The number of hydrogen-bond acceptors (Lipinski definition) is 3. The number of hydrogen-bond donors (Lipinski definition) is 2. The normalized spacial score (nSPS) is 17.9. The summed E-state index contributed by atoms with van der Waals surface area (Å²) in [4.78, 5) is 2.45. The lowest BCUT2D eigenvalue weighted by molar-refractivity contribution is 0.129. The first-order valence-electron chi connectivity index (χ1n) is 7.00. The number of nitrogens with one attached hydrogen (secondary N) is 1. The Morgan fingerprint density at radius 2 is 1.89 bits per heavy atom. The Hall–Kier alpha value is -1.34. The molecule has 3 nitrogen and oxygen atoms in total. The Morgan fingerprint density at radius 3 is 2.53 bits per heavy atom. The average molecular weight is 258 g/mol. The van der Waals surface area contributed by atoms with Crippen LogP contribution in [-0.4, -0.2) is 36.2 Å². The molecule has 0 bridgehead atoms. The van der Waals surface area contributed by atoms with Gasteiger partial charge < -0.3 is 10.0 Å². The lowest BCUT2D eigenvalue weighted by Crippen LogP contribution is -2.36. The molecule has 102 valence electrons. The van der Waals surface area contributed by atoms with Crippen LogP contribution in [0.25, 0.3) is 0 Å². The fourth-order valence-electron chi connectivity index (χ4n) is 2.42. The molecule has 0 saturated carbocycles. The van der Waals surface area contributed by atoms with Crippen molar-refractivity contribution in [2.45, 2.75) is 25.5 Å². The summed E-state index contributed by atoms with van der Waals surface area (Å²) >= 11 is 0. The van der Waals surface area contributed by atoms with Crippen LogP contribution in [0.5, 0.6) is 0 Å². The van der Waals surface area contributed by atoms with Gasteiger partial charge in [-0.1, -0.05) is 24.5 Å². The summed E-state index contributed by atoms with van der Waals surface area (Å²) < 4.78 is 0. The number of piperidine rings is 1. The molecule has 1 unspecified atom stereocenters. The molecule has 0 spiro atoms. The predicted molar refractivity (Wildman–Crippen MR) is 77.6 cm³/mol. The molecule has 1 aromatic rings. The second-order valence-corrected chi connectivity index (χ2v) is 5.03. The monoisotopic (exact) mass is 258 g/mol. The minimum Gasteiger partial charge on any atom is -0.374 e. The molecule has 2 rings (SSSR count). The molecule has 19 heavy (non-hydrogen) atoms. The number of rotatable bonds is 5. The summed E-state index contributed by atoms with van der Waals surface area (Å²) in [5.74, 6) is 2.57. The first kappa shape index (κ1) is 14.1. The smallest absolute Gasteiger partial charge is 0.131 e. The number of benzene rings is 1. The van der Waals surface area contributed by atoms with Crippen LogP contribution in [0, 0.1) is 12.3 Å². The van der Waals surface area contributed by atoms with Gasteiger partial charge in [-0.25, -0.2) is 0 Å². The van der Waals surface area contributed by atoms with E-state index in [4.69, 9.17) is 6.42 Å². The van der Waals surface area contributed by atoms with Gasteiger partial charge in [-0.05, 0) is 43.6 Å². The SMILES string of the molecule is C#Cc1ccc(C(O)NCCN2CCCCC2)cc1. The second kappa shape index (κ2) is 7.30. The van der Waals surface area contributed by atoms with Gasteiger partial charge in [0.05, 0.1) is 0 Å². The van der Waals surface area contributed by atoms with Gasteiger partial charge in [-0.3, -0.25) is 5.32 Å². The molecule has 1 aliphatic rings. The van der Waals surface area contributed by atoms with Crippen LogP contribution in [0.4, 0.5) is 0 Å². The van der Waals surface area contributed by atoms with E-state index in [0.29, 0.717) is 0 Å². The van der Waals surface area contributed by atoms with E-state index >= 15 is 0 Å². The molecule has 0 aromatic heterocycles. The van der Waals surface area contributed by atoms with E-state index in [9.17, 15) is 5.11 Å². The summed E-state index contributed by atoms with van der Waals surface area (Å²) in [6, 6.07) is 7.44. The Labute approximate surface area is 115 Å². The third kappa shape index (κ3) is 4.36. The predicted octanol–water partition coefficient (Wildman–Crippen LogP) is 1.73. The van der Waals surface area contributed by atoms with E-state index in [-0.39, 0.29) is 0 Å². The maximum atomic E-state index is 10.0. The lowest BCUT2D eigenvalue weighted by atomic mass is 10.1. The van der Waals surface area contributed by atoms with Crippen LogP contribution >= 0.6 is 0 Å². The molecule has 1 fully saturated rings. The van der Waals surface area contributed by atoms with Gasteiger partial charge in [-0.15, -0.1) is 6.42 Å². The zero-order chi connectivity index (χ0) is 13.5. The quantitative estimate of drug-likeness (QED) is 0.624. The fourth-order valence-corrected chi connectivity index (χ4v) is 2.42. The van der Waals surface area contributed by atoms with Crippen LogP contribution in [0.3, 0.4) is 0 Å². The zero-order valence-electron chi connectivity index (χ0n) is 11.3. The molecule has 1 atom stereocenters. The van der Waals surface area contributed by atoms with E-state index < -0.39 is 6.23 Å². The fraction of sp³-hybridized carbons (Fsp3) is 0.500. The molecule has 0 amide bonds. The molecule has 1 aliphatic heterocycles. The van der Waals surface area contributed by atoms with Gasteiger partial charge >= 0.3 is 0 Å². The van der Waals surface area contributed by atoms with Gasteiger partial charge in [0.2, 0.25) is 0 Å². The minimum atomic E-state index is -0.614. The van der Waals surface area contributed by atoms with Gasteiger partial charge in [0.25, 0.3) is 0 Å². The van der Waals surface area contributed by atoms with Crippen molar-refractivity contribution in [3.8, 4) is 12.3 Å². The highest BCUT2D eigenvalue weighted by atomic mass is 16.3. The number of nitrogens with zero attached hydrogens (tertiary/aromatic N) is 1. The largest absolute Gasteiger partial charge is 0.374 e. The Balaban J connectivity index is 1.73. The maximum Gasteiger partial charge on any atom is 0.131 e. The number of likely N-dealkylation sites (tertiary alicyclic amines) is 1. The van der Waals surface area contributed by atoms with Crippen molar-refractivity contribution in [2.75, 3.05) is 26.2 Å². The standard InChI is InChI=1S/C16H22N2O/c1-2-14-6-8-15(9-7-14)16(19)17-10-13-18-11-4-3-5-12-18/h1,6-9,16-17,19H,3-5,10-13H2. The van der Waals surface area contributed by atoms with Crippen LogP contribution < -0.4 is 5.32 Å². The van der Waals surface area contributed by atoms with Crippen molar-refractivity contribution in [3.05, 3.63) is 35.4 Å². The number of aliphatic hydroxyl groups is 1. The lowest BCUT2D eigenvalue weighted by Gasteiger charge is -2.27. The Kier molecular flexibility index (Phi) is 5.41. The van der Waals surface area contributed by atoms with E-state index in [1.54, 1.807) is 0 Å². The molecule has 0 aliphatic carbocycles. The highest BCUT2D eigenvalue weighted by molar-refractivity contribution is 5.34. The van der Waals surface area contributed by atoms with Gasteiger partial charge in [0, 0.05) is 18.7 Å². The van der Waals surface area contributed by atoms with Crippen LogP contribution in [0.15, 0.2) is 24.3 Å². The summed E-state index contributed by atoms with van der Waals surface area (Å²) in [6.07, 6.45) is 8.65. The summed E-state index contributed by atoms with van der Waals surface area (Å²) in [5, 5.41) is 13.2. The van der Waals surface area contributed by atoms with E-state index in [0.717, 1.165) is 24.2 Å². The van der Waals surface area contributed by atoms with Crippen molar-refractivity contribution >= 4 is 0 Å². The highest BCUT2D eigenvalue weighted by Crippen LogP contribution is 2.11. The van der Waals surface area contributed by atoms with Gasteiger partial charge in [0.15, 0.2) is 0 Å². The van der Waals surface area contributed by atoms with Crippen LogP contribution in [-0.2, 0) is 0 Å². The first-order valence-corrected chi connectivity index (χ1v) is 7.00.